The molecule has 0 radical (unpaired) electrons. The summed E-state index contributed by atoms with van der Waals surface area (Å²) < 4.78 is 24.9. The SMILES string of the molecule is C=CCOc1ccc(C2/C(=C(\O)c3ccc(F)cc3)C(=O)C(=O)N2Cc2cccnc2)cc1OCC. The summed E-state index contributed by atoms with van der Waals surface area (Å²) in [5.74, 6) is -1.59. The van der Waals surface area contributed by atoms with Crippen LogP contribution >= 0.6 is 0 Å². The Kier molecular flexibility index (Phi) is 7.44. The lowest BCUT2D eigenvalue weighted by molar-refractivity contribution is -0.140. The van der Waals surface area contributed by atoms with Gasteiger partial charge < -0.3 is 19.5 Å². The zero-order valence-corrected chi connectivity index (χ0v) is 19.7. The topological polar surface area (TPSA) is 89.0 Å². The van der Waals surface area contributed by atoms with Crippen LogP contribution in [0.3, 0.4) is 0 Å². The minimum absolute atomic E-state index is 0.0853. The van der Waals surface area contributed by atoms with Gasteiger partial charge in [0.1, 0.15) is 18.2 Å². The lowest BCUT2D eigenvalue weighted by atomic mass is 9.95. The van der Waals surface area contributed by atoms with Crippen LogP contribution in [0, 0.1) is 5.82 Å². The van der Waals surface area contributed by atoms with Crippen molar-refractivity contribution in [2.75, 3.05) is 13.2 Å². The Balaban J connectivity index is 1.87. The van der Waals surface area contributed by atoms with Crippen molar-refractivity contribution < 1.29 is 28.6 Å². The lowest BCUT2D eigenvalue weighted by Crippen LogP contribution is -2.29. The number of benzene rings is 2. The number of likely N-dealkylation sites (tertiary alicyclic amines) is 1. The molecule has 1 fully saturated rings. The average molecular weight is 489 g/mol. The minimum atomic E-state index is -0.928. The summed E-state index contributed by atoms with van der Waals surface area (Å²) in [7, 11) is 0. The van der Waals surface area contributed by atoms with Crippen LogP contribution in [0.15, 0.2) is 85.2 Å². The summed E-state index contributed by atoms with van der Waals surface area (Å²) in [5, 5.41) is 11.1. The molecule has 2 aromatic carbocycles. The summed E-state index contributed by atoms with van der Waals surface area (Å²) in [4.78, 5) is 31.9. The van der Waals surface area contributed by atoms with Gasteiger partial charge in [0.2, 0.25) is 0 Å². The molecular weight excluding hydrogens is 463 g/mol. The Morgan fingerprint density at radius 3 is 2.58 bits per heavy atom. The highest BCUT2D eigenvalue weighted by Gasteiger charge is 2.46. The molecule has 3 aromatic rings. The third-order valence-corrected chi connectivity index (χ3v) is 5.67. The zero-order chi connectivity index (χ0) is 25.7. The molecule has 4 rings (SSSR count). The quantitative estimate of drug-likeness (QED) is 0.201. The maximum absolute atomic E-state index is 13.5. The number of halogens is 1. The monoisotopic (exact) mass is 488 g/mol. The molecule has 1 unspecified atom stereocenters. The third kappa shape index (κ3) is 4.98. The maximum Gasteiger partial charge on any atom is 0.295 e. The van der Waals surface area contributed by atoms with Crippen molar-refractivity contribution in [2.45, 2.75) is 19.5 Å². The summed E-state index contributed by atoms with van der Waals surface area (Å²) in [6.45, 7) is 6.19. The fraction of sp³-hybridized carbons (Fsp3) is 0.179. The number of amides is 1. The van der Waals surface area contributed by atoms with E-state index in [2.05, 4.69) is 11.6 Å². The smallest absolute Gasteiger partial charge is 0.295 e. The van der Waals surface area contributed by atoms with E-state index in [1.807, 2.05) is 6.92 Å². The van der Waals surface area contributed by atoms with Crippen LogP contribution in [0.5, 0.6) is 11.5 Å². The number of aliphatic hydroxyl groups is 1. The standard InChI is InChI=1S/C28H25FN2O5/c1-3-14-36-22-12-9-20(15-23(22)35-4-2)25-24(26(32)19-7-10-21(29)11-8-19)27(33)28(34)31(25)17-18-6-5-13-30-16-18/h3,5-13,15-16,25,32H,1,4,14,17H2,2H3/b26-24+. The molecule has 1 aliphatic heterocycles. The molecule has 36 heavy (non-hydrogen) atoms. The van der Waals surface area contributed by atoms with Crippen LogP contribution in [0.1, 0.15) is 29.7 Å². The molecule has 1 aliphatic rings. The molecule has 0 aliphatic carbocycles. The summed E-state index contributed by atoms with van der Waals surface area (Å²) >= 11 is 0. The number of aromatic nitrogens is 1. The van der Waals surface area contributed by atoms with Gasteiger partial charge in [0, 0.05) is 24.5 Å². The third-order valence-electron chi connectivity index (χ3n) is 5.67. The molecule has 0 spiro atoms. The fourth-order valence-electron chi connectivity index (χ4n) is 4.07. The maximum atomic E-state index is 13.5. The van der Waals surface area contributed by atoms with Gasteiger partial charge in [0.15, 0.2) is 11.5 Å². The predicted molar refractivity (Wildman–Crippen MR) is 132 cm³/mol. The van der Waals surface area contributed by atoms with Crippen molar-refractivity contribution in [1.82, 2.24) is 9.88 Å². The molecule has 1 amide bonds. The van der Waals surface area contributed by atoms with E-state index in [0.29, 0.717) is 29.2 Å². The van der Waals surface area contributed by atoms with E-state index in [9.17, 15) is 19.1 Å². The van der Waals surface area contributed by atoms with E-state index in [-0.39, 0.29) is 24.3 Å². The van der Waals surface area contributed by atoms with Crippen molar-refractivity contribution >= 4 is 17.4 Å². The van der Waals surface area contributed by atoms with Gasteiger partial charge in [-0.2, -0.15) is 0 Å². The molecule has 184 valence electrons. The zero-order valence-electron chi connectivity index (χ0n) is 19.7. The number of rotatable bonds is 9. The summed E-state index contributed by atoms with van der Waals surface area (Å²) in [6, 6.07) is 12.7. The second-order valence-corrected chi connectivity index (χ2v) is 8.03. The van der Waals surface area contributed by atoms with Gasteiger partial charge in [-0.3, -0.25) is 14.6 Å². The number of carbonyl (C=O) groups is 2. The van der Waals surface area contributed by atoms with Crippen molar-refractivity contribution in [2.24, 2.45) is 0 Å². The molecule has 7 nitrogen and oxygen atoms in total. The largest absolute Gasteiger partial charge is 0.507 e. The first-order valence-corrected chi connectivity index (χ1v) is 11.4. The number of ketones is 1. The van der Waals surface area contributed by atoms with E-state index >= 15 is 0 Å². The number of hydrogen-bond donors (Lipinski definition) is 1. The molecule has 1 saturated heterocycles. The van der Waals surface area contributed by atoms with Crippen LogP contribution in [0.4, 0.5) is 4.39 Å². The van der Waals surface area contributed by atoms with E-state index in [4.69, 9.17) is 9.47 Å². The van der Waals surface area contributed by atoms with Crippen LogP contribution in [-0.4, -0.2) is 39.9 Å². The number of aliphatic hydroxyl groups excluding tert-OH is 1. The van der Waals surface area contributed by atoms with Crippen LogP contribution in [-0.2, 0) is 16.1 Å². The van der Waals surface area contributed by atoms with Gasteiger partial charge in [-0.15, -0.1) is 0 Å². The highest BCUT2D eigenvalue weighted by Crippen LogP contribution is 2.42. The van der Waals surface area contributed by atoms with Gasteiger partial charge in [-0.05, 0) is 60.5 Å². The van der Waals surface area contributed by atoms with E-state index in [1.165, 1.54) is 29.2 Å². The Labute approximate surface area is 208 Å². The lowest BCUT2D eigenvalue weighted by Gasteiger charge is -2.26. The molecule has 1 atom stereocenters. The van der Waals surface area contributed by atoms with E-state index in [0.717, 1.165) is 0 Å². The highest BCUT2D eigenvalue weighted by molar-refractivity contribution is 6.46. The van der Waals surface area contributed by atoms with E-state index in [1.54, 1.807) is 48.8 Å². The van der Waals surface area contributed by atoms with Crippen molar-refractivity contribution in [3.05, 3.63) is 108 Å². The number of ether oxygens (including phenoxy) is 2. The molecule has 0 bridgehead atoms. The van der Waals surface area contributed by atoms with Crippen LogP contribution < -0.4 is 9.47 Å². The van der Waals surface area contributed by atoms with Gasteiger partial charge in [0.25, 0.3) is 11.7 Å². The Morgan fingerprint density at radius 1 is 1.14 bits per heavy atom. The van der Waals surface area contributed by atoms with Gasteiger partial charge >= 0.3 is 0 Å². The van der Waals surface area contributed by atoms with Gasteiger partial charge in [0.05, 0.1) is 18.2 Å². The average Bonchev–Trinajstić information content (AvgIpc) is 3.13. The van der Waals surface area contributed by atoms with Crippen LogP contribution in [0.2, 0.25) is 0 Å². The molecule has 8 heteroatoms. The van der Waals surface area contributed by atoms with Crippen LogP contribution in [0.25, 0.3) is 5.76 Å². The van der Waals surface area contributed by atoms with E-state index < -0.39 is 29.3 Å². The Bertz CT molecular complexity index is 1310. The highest BCUT2D eigenvalue weighted by atomic mass is 19.1. The first-order valence-electron chi connectivity index (χ1n) is 11.4. The summed E-state index contributed by atoms with van der Waals surface area (Å²) in [6.07, 6.45) is 4.82. The second kappa shape index (κ2) is 10.9. The second-order valence-electron chi connectivity index (χ2n) is 8.03. The number of carbonyl (C=O) groups excluding carboxylic acids is 2. The first kappa shape index (κ1) is 24.7. The van der Waals surface area contributed by atoms with Gasteiger partial charge in [-0.25, -0.2) is 4.39 Å². The first-order chi connectivity index (χ1) is 17.4. The number of hydrogen-bond acceptors (Lipinski definition) is 6. The number of nitrogens with zero attached hydrogens (tertiary/aromatic N) is 2. The molecule has 1 aromatic heterocycles. The normalized spacial score (nSPS) is 16.7. The van der Waals surface area contributed by atoms with Crippen molar-refractivity contribution in [3.63, 3.8) is 0 Å². The Hall–Kier alpha value is -4.46. The molecule has 1 N–H and O–H groups in total. The summed E-state index contributed by atoms with van der Waals surface area (Å²) in [5.41, 5.74) is 1.37. The van der Waals surface area contributed by atoms with Crippen molar-refractivity contribution in [3.8, 4) is 11.5 Å². The predicted octanol–water partition coefficient (Wildman–Crippen LogP) is 4.81. The minimum Gasteiger partial charge on any atom is -0.507 e. The van der Waals surface area contributed by atoms with Crippen molar-refractivity contribution in [1.29, 1.82) is 0 Å². The molecule has 2 heterocycles. The number of Topliss-reactive ketones (excluding diaryl/α,β-unsaturated/α-hetero) is 1. The molecular formula is C28H25FN2O5. The Morgan fingerprint density at radius 2 is 1.92 bits per heavy atom. The number of pyridine rings is 1. The molecule has 0 saturated carbocycles. The fourth-order valence-corrected chi connectivity index (χ4v) is 4.07. The van der Waals surface area contributed by atoms with Gasteiger partial charge in [-0.1, -0.05) is 24.8 Å².